The molecule has 0 saturated heterocycles. The minimum absolute atomic E-state index is 0.166. The largest absolute Gasteiger partial charge is 0.467 e. The van der Waals surface area contributed by atoms with Crippen LogP contribution in [0.1, 0.15) is 25.7 Å². The van der Waals surface area contributed by atoms with Gasteiger partial charge in [0.15, 0.2) is 0 Å². The number of hydrogen-bond acceptors (Lipinski definition) is 5. The van der Waals surface area contributed by atoms with Crippen LogP contribution in [-0.4, -0.2) is 28.6 Å². The molecule has 0 amide bonds. The van der Waals surface area contributed by atoms with Gasteiger partial charge in [0.25, 0.3) is 0 Å². The second-order valence-electron chi connectivity index (χ2n) is 5.13. The molecule has 2 aliphatic carbocycles. The lowest BCUT2D eigenvalue weighted by Crippen LogP contribution is -2.19. The SMILES string of the molecule is COc1nc(Cl)nc(NCC(C2CC2)C2CC2)n1. The van der Waals surface area contributed by atoms with E-state index >= 15 is 0 Å². The fraction of sp³-hybridized carbons (Fsp3) is 0.750. The van der Waals surface area contributed by atoms with Crippen LogP contribution in [0.15, 0.2) is 0 Å². The Morgan fingerprint density at radius 1 is 1.22 bits per heavy atom. The summed E-state index contributed by atoms with van der Waals surface area (Å²) in [5, 5.41) is 3.44. The van der Waals surface area contributed by atoms with E-state index in [2.05, 4.69) is 20.3 Å². The van der Waals surface area contributed by atoms with Gasteiger partial charge in [-0.25, -0.2) is 0 Å². The van der Waals surface area contributed by atoms with Gasteiger partial charge < -0.3 is 10.1 Å². The lowest BCUT2D eigenvalue weighted by atomic mass is 9.98. The molecular weight excluding hydrogens is 252 g/mol. The van der Waals surface area contributed by atoms with Crippen LogP contribution in [0.3, 0.4) is 0 Å². The first-order valence-electron chi connectivity index (χ1n) is 6.45. The molecule has 2 fully saturated rings. The topological polar surface area (TPSA) is 59.9 Å². The summed E-state index contributed by atoms with van der Waals surface area (Å²) >= 11 is 5.81. The highest BCUT2D eigenvalue weighted by atomic mass is 35.5. The van der Waals surface area contributed by atoms with Crippen molar-refractivity contribution in [2.24, 2.45) is 17.8 Å². The van der Waals surface area contributed by atoms with Gasteiger partial charge in [-0.15, -0.1) is 0 Å². The minimum atomic E-state index is 0.166. The zero-order valence-corrected chi connectivity index (χ0v) is 11.2. The van der Waals surface area contributed by atoms with Crippen molar-refractivity contribution in [3.8, 4) is 6.01 Å². The minimum Gasteiger partial charge on any atom is -0.467 e. The van der Waals surface area contributed by atoms with E-state index in [4.69, 9.17) is 16.3 Å². The molecule has 6 heteroatoms. The molecule has 1 aromatic heterocycles. The Kier molecular flexibility index (Phi) is 3.24. The maximum Gasteiger partial charge on any atom is 0.322 e. The summed E-state index contributed by atoms with van der Waals surface area (Å²) in [6.45, 7) is 0.929. The van der Waals surface area contributed by atoms with Crippen molar-refractivity contribution in [2.75, 3.05) is 19.0 Å². The van der Waals surface area contributed by atoms with Crippen molar-refractivity contribution in [2.45, 2.75) is 25.7 Å². The van der Waals surface area contributed by atoms with Crippen molar-refractivity contribution in [1.29, 1.82) is 0 Å². The molecule has 98 valence electrons. The van der Waals surface area contributed by atoms with Gasteiger partial charge in [0.1, 0.15) is 0 Å². The Hall–Kier alpha value is -1.10. The second kappa shape index (κ2) is 4.88. The number of ether oxygens (including phenoxy) is 1. The van der Waals surface area contributed by atoms with E-state index in [1.807, 2.05) is 0 Å². The van der Waals surface area contributed by atoms with E-state index in [1.54, 1.807) is 0 Å². The van der Waals surface area contributed by atoms with Gasteiger partial charge in [0, 0.05) is 6.54 Å². The standard InChI is InChI=1S/C12H17ClN4O/c1-18-12-16-10(13)15-11(17-12)14-6-9(7-2-3-7)8-4-5-8/h7-9H,2-6H2,1H3,(H,14,15,16,17). The number of hydrogen-bond donors (Lipinski definition) is 1. The molecule has 3 rings (SSSR count). The highest BCUT2D eigenvalue weighted by Gasteiger charge is 2.41. The van der Waals surface area contributed by atoms with Gasteiger partial charge in [-0.2, -0.15) is 15.0 Å². The average molecular weight is 269 g/mol. The molecule has 5 nitrogen and oxygen atoms in total. The van der Waals surface area contributed by atoms with Crippen LogP contribution in [0.25, 0.3) is 0 Å². The quantitative estimate of drug-likeness (QED) is 0.858. The first-order valence-corrected chi connectivity index (χ1v) is 6.83. The maximum atomic E-state index is 5.81. The van der Waals surface area contributed by atoms with Crippen LogP contribution in [0.5, 0.6) is 6.01 Å². The van der Waals surface area contributed by atoms with E-state index in [9.17, 15) is 0 Å². The van der Waals surface area contributed by atoms with Gasteiger partial charge in [0.2, 0.25) is 11.2 Å². The molecule has 2 aliphatic rings. The predicted octanol–water partition coefficient (Wildman–Crippen LogP) is 2.38. The summed E-state index contributed by atoms with van der Waals surface area (Å²) < 4.78 is 4.98. The number of aromatic nitrogens is 3. The van der Waals surface area contributed by atoms with Crippen LogP contribution in [-0.2, 0) is 0 Å². The van der Waals surface area contributed by atoms with Gasteiger partial charge in [-0.05, 0) is 55.0 Å². The van der Waals surface area contributed by atoms with Crippen LogP contribution in [0, 0.1) is 17.8 Å². The third kappa shape index (κ3) is 2.83. The summed E-state index contributed by atoms with van der Waals surface area (Å²) in [5.74, 6) is 3.10. The molecule has 2 saturated carbocycles. The van der Waals surface area contributed by atoms with Crippen molar-refractivity contribution in [3.63, 3.8) is 0 Å². The maximum absolute atomic E-state index is 5.81. The van der Waals surface area contributed by atoms with Gasteiger partial charge >= 0.3 is 6.01 Å². The summed E-state index contributed by atoms with van der Waals surface area (Å²) in [4.78, 5) is 12.1. The summed E-state index contributed by atoms with van der Waals surface area (Å²) in [7, 11) is 1.52. The Balaban J connectivity index is 1.62. The molecule has 0 radical (unpaired) electrons. The summed E-state index contributed by atoms with van der Waals surface area (Å²) in [6.07, 6.45) is 5.52. The fourth-order valence-electron chi connectivity index (χ4n) is 2.48. The molecule has 0 aromatic carbocycles. The van der Waals surface area contributed by atoms with Crippen LogP contribution in [0.4, 0.5) is 5.95 Å². The zero-order valence-electron chi connectivity index (χ0n) is 10.4. The van der Waals surface area contributed by atoms with Crippen molar-refractivity contribution >= 4 is 17.5 Å². The molecule has 0 bridgehead atoms. The highest BCUT2D eigenvalue weighted by Crippen LogP contribution is 2.49. The normalized spacial score (nSPS) is 19.1. The molecule has 0 unspecified atom stereocenters. The van der Waals surface area contributed by atoms with E-state index in [0.29, 0.717) is 5.95 Å². The fourth-order valence-corrected chi connectivity index (χ4v) is 2.63. The lowest BCUT2D eigenvalue weighted by Gasteiger charge is -2.16. The molecule has 1 heterocycles. The molecule has 0 atom stereocenters. The Labute approximate surface area is 111 Å². The van der Waals surface area contributed by atoms with E-state index in [-0.39, 0.29) is 11.3 Å². The number of nitrogens with one attached hydrogen (secondary N) is 1. The molecule has 1 aromatic rings. The average Bonchev–Trinajstić information content (AvgIpc) is 3.22. The lowest BCUT2D eigenvalue weighted by molar-refractivity contribution is 0.378. The molecule has 0 spiro atoms. The summed E-state index contributed by atoms with van der Waals surface area (Å²) in [5.41, 5.74) is 0. The van der Waals surface area contributed by atoms with Crippen LogP contribution in [0.2, 0.25) is 5.28 Å². The second-order valence-corrected chi connectivity index (χ2v) is 5.47. The van der Waals surface area contributed by atoms with Crippen molar-refractivity contribution in [3.05, 3.63) is 5.28 Å². The smallest absolute Gasteiger partial charge is 0.322 e. The molecule has 0 aliphatic heterocycles. The Morgan fingerprint density at radius 3 is 2.44 bits per heavy atom. The van der Waals surface area contributed by atoms with Crippen molar-refractivity contribution in [1.82, 2.24) is 15.0 Å². The molecular formula is C12H17ClN4O. The highest BCUT2D eigenvalue weighted by molar-refractivity contribution is 6.28. The van der Waals surface area contributed by atoms with Gasteiger partial charge in [0.05, 0.1) is 7.11 Å². The first-order chi connectivity index (χ1) is 8.76. The third-order valence-corrected chi connectivity index (χ3v) is 3.89. The van der Waals surface area contributed by atoms with Crippen LogP contribution >= 0.6 is 11.6 Å². The number of halogens is 1. The van der Waals surface area contributed by atoms with E-state index < -0.39 is 0 Å². The Bertz CT molecular complexity index is 422. The predicted molar refractivity (Wildman–Crippen MR) is 68.8 cm³/mol. The van der Waals surface area contributed by atoms with Gasteiger partial charge in [-0.1, -0.05) is 0 Å². The Morgan fingerprint density at radius 2 is 1.89 bits per heavy atom. The first kappa shape index (κ1) is 12.0. The molecule has 1 N–H and O–H groups in total. The monoisotopic (exact) mass is 268 g/mol. The zero-order chi connectivity index (χ0) is 12.5. The molecule has 18 heavy (non-hydrogen) atoms. The van der Waals surface area contributed by atoms with Gasteiger partial charge in [-0.3, -0.25) is 0 Å². The third-order valence-electron chi connectivity index (χ3n) is 3.72. The van der Waals surface area contributed by atoms with E-state index in [1.165, 1.54) is 32.8 Å². The van der Waals surface area contributed by atoms with Crippen molar-refractivity contribution < 1.29 is 4.74 Å². The van der Waals surface area contributed by atoms with E-state index in [0.717, 1.165) is 24.3 Å². The number of methoxy groups -OCH3 is 1. The number of anilines is 1. The number of rotatable bonds is 6. The summed E-state index contributed by atoms with van der Waals surface area (Å²) in [6, 6.07) is 0.256. The number of nitrogens with zero attached hydrogens (tertiary/aromatic N) is 3. The van der Waals surface area contributed by atoms with Crippen LogP contribution < -0.4 is 10.1 Å².